The van der Waals surface area contributed by atoms with Gasteiger partial charge in [0, 0.05) is 24.8 Å². The SMILES string of the molecule is Cc1cc(CN(C)c2ccc(/C=C3\N=CNC3=O)cc2)c(N=O)c(-n2nc3ccccc3n2)c1. The Morgan fingerprint density at radius 3 is 2.38 bits per heavy atom. The molecule has 0 saturated heterocycles. The van der Waals surface area contributed by atoms with Gasteiger partial charge in [0.2, 0.25) is 0 Å². The van der Waals surface area contributed by atoms with Crippen molar-refractivity contribution in [2.75, 3.05) is 11.9 Å². The van der Waals surface area contributed by atoms with Crippen LogP contribution in [0.15, 0.2) is 76.5 Å². The number of carbonyl (C=O) groups excluding carboxylic acids is 1. The first-order valence-electron chi connectivity index (χ1n) is 10.7. The molecular weight excluding hydrogens is 430 g/mol. The first-order valence-corrected chi connectivity index (χ1v) is 10.7. The fourth-order valence-corrected chi connectivity index (χ4v) is 3.90. The van der Waals surface area contributed by atoms with E-state index in [1.165, 1.54) is 11.1 Å². The fourth-order valence-electron chi connectivity index (χ4n) is 3.90. The number of nitrogens with one attached hydrogen (secondary N) is 1. The highest BCUT2D eigenvalue weighted by Crippen LogP contribution is 2.31. The Morgan fingerprint density at radius 2 is 1.76 bits per heavy atom. The van der Waals surface area contributed by atoms with Crippen LogP contribution in [0.4, 0.5) is 11.4 Å². The number of amides is 1. The van der Waals surface area contributed by atoms with Gasteiger partial charge in [-0.2, -0.15) is 0 Å². The summed E-state index contributed by atoms with van der Waals surface area (Å²) in [5, 5.41) is 14.9. The number of anilines is 1. The maximum absolute atomic E-state index is 11.9. The Labute approximate surface area is 195 Å². The van der Waals surface area contributed by atoms with Crippen molar-refractivity contribution in [1.29, 1.82) is 0 Å². The second-order valence-corrected chi connectivity index (χ2v) is 8.07. The summed E-state index contributed by atoms with van der Waals surface area (Å²) >= 11 is 0. The van der Waals surface area contributed by atoms with E-state index >= 15 is 0 Å². The third kappa shape index (κ3) is 4.06. The number of carbonyl (C=O) groups is 1. The van der Waals surface area contributed by atoms with Crippen molar-refractivity contribution >= 4 is 40.7 Å². The third-order valence-electron chi connectivity index (χ3n) is 5.58. The molecule has 1 N–H and O–H groups in total. The minimum atomic E-state index is -0.218. The van der Waals surface area contributed by atoms with Crippen LogP contribution in [0.5, 0.6) is 0 Å². The topological polar surface area (TPSA) is 105 Å². The van der Waals surface area contributed by atoms with Gasteiger partial charge >= 0.3 is 0 Å². The molecule has 1 aromatic heterocycles. The van der Waals surface area contributed by atoms with Crippen molar-refractivity contribution in [3.63, 3.8) is 0 Å². The molecule has 5 rings (SSSR count). The fraction of sp³-hybridized carbons (Fsp3) is 0.120. The van der Waals surface area contributed by atoms with Crippen molar-refractivity contribution in [2.45, 2.75) is 13.5 Å². The summed E-state index contributed by atoms with van der Waals surface area (Å²) in [7, 11) is 1.94. The molecule has 0 spiro atoms. The maximum Gasteiger partial charge on any atom is 0.275 e. The molecule has 2 heterocycles. The largest absolute Gasteiger partial charge is 0.370 e. The highest BCUT2D eigenvalue weighted by molar-refractivity contribution is 6.08. The van der Waals surface area contributed by atoms with E-state index in [1.807, 2.05) is 79.5 Å². The van der Waals surface area contributed by atoms with Gasteiger partial charge < -0.3 is 10.2 Å². The zero-order valence-corrected chi connectivity index (χ0v) is 18.6. The minimum absolute atomic E-state index is 0.218. The predicted molar refractivity (Wildman–Crippen MR) is 132 cm³/mol. The molecule has 168 valence electrons. The average Bonchev–Trinajstić information content (AvgIpc) is 3.45. The Hall–Kier alpha value is -4.66. The van der Waals surface area contributed by atoms with Crippen LogP contribution in [-0.2, 0) is 11.3 Å². The predicted octanol–water partition coefficient (Wildman–Crippen LogP) is 4.26. The van der Waals surface area contributed by atoms with Gasteiger partial charge in [0.15, 0.2) is 0 Å². The van der Waals surface area contributed by atoms with Crippen molar-refractivity contribution in [3.05, 3.63) is 88.0 Å². The molecule has 0 aliphatic carbocycles. The number of fused-ring (bicyclic) bond motifs is 1. The standard InChI is InChI=1S/C25H21N7O2/c1-16-11-18(24(30-34)23(12-16)32-28-20-5-3-4-6-21(20)29-32)14-31(2)19-9-7-17(8-10-19)13-22-25(33)27-15-26-22/h3-13,15H,14H2,1-2H3,(H,26,27,33)/b22-13-. The molecule has 0 atom stereocenters. The Morgan fingerprint density at radius 1 is 1.06 bits per heavy atom. The van der Waals surface area contributed by atoms with Crippen molar-refractivity contribution in [1.82, 2.24) is 20.3 Å². The highest BCUT2D eigenvalue weighted by Gasteiger charge is 2.17. The zero-order valence-electron chi connectivity index (χ0n) is 18.6. The van der Waals surface area contributed by atoms with E-state index in [-0.39, 0.29) is 5.91 Å². The summed E-state index contributed by atoms with van der Waals surface area (Å²) < 4.78 is 0. The van der Waals surface area contributed by atoms with Crippen molar-refractivity contribution in [2.24, 2.45) is 10.2 Å². The minimum Gasteiger partial charge on any atom is -0.370 e. The molecule has 0 saturated carbocycles. The van der Waals surface area contributed by atoms with Crippen LogP contribution in [0.3, 0.4) is 0 Å². The number of hydrogen-bond donors (Lipinski definition) is 1. The first kappa shape index (κ1) is 21.2. The number of nitroso groups, excluding NO2 is 1. The van der Waals surface area contributed by atoms with E-state index in [4.69, 9.17) is 0 Å². The van der Waals surface area contributed by atoms with Crippen LogP contribution < -0.4 is 10.2 Å². The number of aryl methyl sites for hydroxylation is 1. The molecule has 34 heavy (non-hydrogen) atoms. The Bertz CT molecular complexity index is 1440. The van der Waals surface area contributed by atoms with Gasteiger partial charge in [0.25, 0.3) is 5.91 Å². The molecule has 0 unspecified atom stereocenters. The number of rotatable bonds is 6. The molecule has 4 aromatic rings. The molecule has 9 heteroatoms. The summed E-state index contributed by atoms with van der Waals surface area (Å²) in [4.78, 5) is 31.1. The average molecular weight is 451 g/mol. The van der Waals surface area contributed by atoms with Crippen LogP contribution in [0.25, 0.3) is 22.8 Å². The van der Waals surface area contributed by atoms with Gasteiger partial charge in [-0.1, -0.05) is 30.3 Å². The van der Waals surface area contributed by atoms with Gasteiger partial charge in [-0.05, 0) is 59.6 Å². The molecule has 0 radical (unpaired) electrons. The monoisotopic (exact) mass is 451 g/mol. The second-order valence-electron chi connectivity index (χ2n) is 8.07. The molecule has 1 aliphatic heterocycles. The molecule has 9 nitrogen and oxygen atoms in total. The maximum atomic E-state index is 11.9. The number of aliphatic imine (C=N–C) groups is 1. The quantitative estimate of drug-likeness (QED) is 0.348. The van der Waals surface area contributed by atoms with E-state index in [1.54, 1.807) is 6.08 Å². The lowest BCUT2D eigenvalue weighted by atomic mass is 10.1. The van der Waals surface area contributed by atoms with Crippen molar-refractivity contribution in [3.8, 4) is 5.69 Å². The summed E-state index contributed by atoms with van der Waals surface area (Å²) in [5.74, 6) is -0.218. The lowest BCUT2D eigenvalue weighted by molar-refractivity contribution is -0.115. The number of nitrogens with zero attached hydrogens (tertiary/aromatic N) is 6. The van der Waals surface area contributed by atoms with E-state index in [2.05, 4.69) is 25.7 Å². The molecule has 1 amide bonds. The lowest BCUT2D eigenvalue weighted by Crippen LogP contribution is -2.17. The normalized spacial score (nSPS) is 14.1. The van der Waals surface area contributed by atoms with Gasteiger partial charge in [0.1, 0.15) is 28.1 Å². The smallest absolute Gasteiger partial charge is 0.275 e. The number of hydrogen-bond acceptors (Lipinski definition) is 7. The summed E-state index contributed by atoms with van der Waals surface area (Å²) in [5.41, 5.74) is 6.29. The Kier molecular flexibility index (Phi) is 5.43. The highest BCUT2D eigenvalue weighted by atomic mass is 16.3. The molecule has 0 bridgehead atoms. The first-order chi connectivity index (χ1) is 16.5. The van der Waals surface area contributed by atoms with Gasteiger partial charge in [-0.25, -0.2) is 4.99 Å². The summed E-state index contributed by atoms with van der Waals surface area (Å²) in [6.07, 6.45) is 3.11. The zero-order chi connectivity index (χ0) is 23.7. The van der Waals surface area contributed by atoms with Crippen LogP contribution in [0, 0.1) is 11.8 Å². The van der Waals surface area contributed by atoms with Gasteiger partial charge in [-0.15, -0.1) is 19.9 Å². The van der Waals surface area contributed by atoms with Gasteiger partial charge in [0.05, 0.1) is 6.34 Å². The van der Waals surface area contributed by atoms with Crippen LogP contribution >= 0.6 is 0 Å². The van der Waals surface area contributed by atoms with Crippen LogP contribution in [0.2, 0.25) is 0 Å². The van der Waals surface area contributed by atoms with E-state index in [9.17, 15) is 9.70 Å². The van der Waals surface area contributed by atoms with Gasteiger partial charge in [-0.3, -0.25) is 4.79 Å². The summed E-state index contributed by atoms with van der Waals surface area (Å²) in [6.45, 7) is 2.43. The van der Waals surface area contributed by atoms with Crippen molar-refractivity contribution < 1.29 is 4.79 Å². The van der Waals surface area contributed by atoms with Crippen LogP contribution in [0.1, 0.15) is 16.7 Å². The molecule has 1 aliphatic rings. The molecule has 3 aromatic carbocycles. The lowest BCUT2D eigenvalue weighted by Gasteiger charge is -2.21. The summed E-state index contributed by atoms with van der Waals surface area (Å²) in [6, 6.07) is 19.1. The molecular formula is C25H21N7O2. The van der Waals surface area contributed by atoms with E-state index in [0.717, 1.165) is 33.4 Å². The van der Waals surface area contributed by atoms with Crippen LogP contribution in [-0.4, -0.2) is 34.3 Å². The van der Waals surface area contributed by atoms with E-state index in [0.29, 0.717) is 23.6 Å². The number of benzene rings is 3. The third-order valence-corrected chi connectivity index (χ3v) is 5.58. The number of aromatic nitrogens is 3. The second kappa shape index (κ2) is 8.70. The Balaban J connectivity index is 1.43. The molecule has 0 fully saturated rings. The van der Waals surface area contributed by atoms with E-state index < -0.39 is 0 Å².